The third-order valence-electron chi connectivity index (χ3n) is 3.07. The number of anilines is 1. The third-order valence-corrected chi connectivity index (χ3v) is 3.54. The molecule has 3 N–H and O–H groups in total. The number of nitrogens with one attached hydrogen (secondary N) is 1. The quantitative estimate of drug-likeness (QED) is 0.838. The summed E-state index contributed by atoms with van der Waals surface area (Å²) < 4.78 is 0. The molecule has 1 unspecified atom stereocenters. The van der Waals surface area contributed by atoms with Crippen LogP contribution >= 0.6 is 23.2 Å². The molecule has 2 rings (SSSR count). The summed E-state index contributed by atoms with van der Waals surface area (Å²) in [5.74, 6) is -0.210. The minimum Gasteiger partial charge on any atom is -0.398 e. The fraction of sp³-hybridized carbons (Fsp3) is 0.188. The van der Waals surface area contributed by atoms with Crippen molar-refractivity contribution >= 4 is 34.8 Å². The fourth-order valence-electron chi connectivity index (χ4n) is 2.11. The topological polar surface area (TPSA) is 55.1 Å². The van der Waals surface area contributed by atoms with Gasteiger partial charge in [0.1, 0.15) is 0 Å². The second-order valence-corrected chi connectivity index (χ2v) is 5.81. The van der Waals surface area contributed by atoms with Gasteiger partial charge in [0.05, 0.1) is 5.56 Å². The number of halogens is 2. The first kappa shape index (κ1) is 15.7. The van der Waals surface area contributed by atoms with E-state index in [0.717, 1.165) is 5.56 Å². The molecule has 1 amide bonds. The number of hydrogen-bond donors (Lipinski definition) is 2. The molecule has 110 valence electrons. The molecular weight excluding hydrogens is 307 g/mol. The van der Waals surface area contributed by atoms with E-state index in [9.17, 15) is 4.79 Å². The second-order valence-electron chi connectivity index (χ2n) is 4.94. The lowest BCUT2D eigenvalue weighted by Crippen LogP contribution is -2.34. The largest absolute Gasteiger partial charge is 0.398 e. The molecule has 2 aromatic rings. The molecule has 0 aliphatic rings. The molecule has 1 atom stereocenters. The molecule has 0 fully saturated rings. The van der Waals surface area contributed by atoms with Crippen LogP contribution in [0, 0.1) is 0 Å². The summed E-state index contributed by atoms with van der Waals surface area (Å²) in [4.78, 5) is 12.2. The molecule has 0 bridgehead atoms. The maximum atomic E-state index is 12.2. The Hall–Kier alpha value is -1.71. The van der Waals surface area contributed by atoms with Gasteiger partial charge in [-0.1, -0.05) is 35.3 Å². The van der Waals surface area contributed by atoms with Crippen molar-refractivity contribution in [2.45, 2.75) is 19.4 Å². The SMILES string of the molecule is CC(Cc1cccc(Cl)c1)NC(=O)c1ccc(Cl)cc1N. The van der Waals surface area contributed by atoms with E-state index in [1.807, 2.05) is 31.2 Å². The van der Waals surface area contributed by atoms with E-state index in [1.54, 1.807) is 18.2 Å². The average Bonchev–Trinajstić information content (AvgIpc) is 2.38. The molecule has 0 aliphatic carbocycles. The number of benzene rings is 2. The maximum Gasteiger partial charge on any atom is 0.253 e. The molecule has 0 saturated carbocycles. The number of carbonyl (C=O) groups is 1. The van der Waals surface area contributed by atoms with Crippen LogP contribution in [0.5, 0.6) is 0 Å². The summed E-state index contributed by atoms with van der Waals surface area (Å²) in [7, 11) is 0. The number of carbonyl (C=O) groups excluding carboxylic acids is 1. The Balaban J connectivity index is 2.02. The van der Waals surface area contributed by atoms with Crippen LogP contribution < -0.4 is 11.1 Å². The van der Waals surface area contributed by atoms with Gasteiger partial charge in [0, 0.05) is 21.8 Å². The van der Waals surface area contributed by atoms with Crippen LogP contribution in [0.3, 0.4) is 0 Å². The van der Waals surface area contributed by atoms with Crippen LogP contribution in [0.4, 0.5) is 5.69 Å². The van der Waals surface area contributed by atoms with E-state index in [-0.39, 0.29) is 11.9 Å². The van der Waals surface area contributed by atoms with Crippen LogP contribution in [0.2, 0.25) is 10.0 Å². The summed E-state index contributed by atoms with van der Waals surface area (Å²) in [6.07, 6.45) is 0.694. The van der Waals surface area contributed by atoms with E-state index < -0.39 is 0 Å². The first-order valence-electron chi connectivity index (χ1n) is 6.56. The Kier molecular flexibility index (Phi) is 5.10. The number of amides is 1. The van der Waals surface area contributed by atoms with E-state index in [0.29, 0.717) is 27.7 Å². The summed E-state index contributed by atoms with van der Waals surface area (Å²) in [5.41, 5.74) is 7.68. The molecule has 21 heavy (non-hydrogen) atoms. The lowest BCUT2D eigenvalue weighted by atomic mass is 10.1. The zero-order valence-corrected chi connectivity index (χ0v) is 13.1. The van der Waals surface area contributed by atoms with Crippen molar-refractivity contribution < 1.29 is 4.79 Å². The molecule has 3 nitrogen and oxygen atoms in total. The molecule has 0 aromatic heterocycles. The van der Waals surface area contributed by atoms with Gasteiger partial charge in [0.25, 0.3) is 5.91 Å². The van der Waals surface area contributed by atoms with Crippen LogP contribution in [0.1, 0.15) is 22.8 Å². The second kappa shape index (κ2) is 6.83. The Morgan fingerprint density at radius 2 is 1.90 bits per heavy atom. The fourth-order valence-corrected chi connectivity index (χ4v) is 2.50. The Bertz CT molecular complexity index is 658. The number of hydrogen-bond acceptors (Lipinski definition) is 2. The molecule has 0 heterocycles. The van der Waals surface area contributed by atoms with E-state index in [1.165, 1.54) is 0 Å². The highest BCUT2D eigenvalue weighted by Crippen LogP contribution is 2.18. The van der Waals surface area contributed by atoms with Gasteiger partial charge in [0.15, 0.2) is 0 Å². The Labute approximate surface area is 134 Å². The van der Waals surface area contributed by atoms with Gasteiger partial charge in [-0.25, -0.2) is 0 Å². The summed E-state index contributed by atoms with van der Waals surface area (Å²) in [6.45, 7) is 1.94. The first-order chi connectivity index (χ1) is 9.95. The van der Waals surface area contributed by atoms with Gasteiger partial charge in [-0.05, 0) is 49.2 Å². The minimum absolute atomic E-state index is 0.0361. The van der Waals surface area contributed by atoms with Crippen molar-refractivity contribution in [1.82, 2.24) is 5.32 Å². The predicted molar refractivity (Wildman–Crippen MR) is 87.9 cm³/mol. The standard InChI is InChI=1S/C16H16Cl2N2O/c1-10(7-11-3-2-4-12(17)8-11)20-16(21)14-6-5-13(18)9-15(14)19/h2-6,8-10H,7,19H2,1H3,(H,20,21). The van der Waals surface area contributed by atoms with Crippen LogP contribution in [0.25, 0.3) is 0 Å². The van der Waals surface area contributed by atoms with Gasteiger partial charge in [-0.3, -0.25) is 4.79 Å². The third kappa shape index (κ3) is 4.38. The molecule has 0 radical (unpaired) electrons. The highest BCUT2D eigenvalue weighted by molar-refractivity contribution is 6.31. The molecule has 5 heteroatoms. The minimum atomic E-state index is -0.210. The van der Waals surface area contributed by atoms with Crippen molar-refractivity contribution in [3.8, 4) is 0 Å². The van der Waals surface area contributed by atoms with Gasteiger partial charge >= 0.3 is 0 Å². The highest BCUT2D eigenvalue weighted by Gasteiger charge is 2.13. The molecular formula is C16H16Cl2N2O. The van der Waals surface area contributed by atoms with Crippen molar-refractivity contribution in [2.75, 3.05) is 5.73 Å². The monoisotopic (exact) mass is 322 g/mol. The molecule has 0 saturated heterocycles. The average molecular weight is 323 g/mol. The number of nitrogen functional groups attached to an aromatic ring is 1. The van der Waals surface area contributed by atoms with Gasteiger partial charge in [-0.15, -0.1) is 0 Å². The maximum absolute atomic E-state index is 12.2. The Morgan fingerprint density at radius 1 is 1.19 bits per heavy atom. The summed E-state index contributed by atoms with van der Waals surface area (Å²) >= 11 is 11.8. The van der Waals surface area contributed by atoms with Crippen molar-refractivity contribution in [1.29, 1.82) is 0 Å². The van der Waals surface area contributed by atoms with Crippen molar-refractivity contribution in [3.63, 3.8) is 0 Å². The van der Waals surface area contributed by atoms with Crippen LogP contribution in [-0.4, -0.2) is 11.9 Å². The zero-order chi connectivity index (χ0) is 15.4. The van der Waals surface area contributed by atoms with Gasteiger partial charge in [0.2, 0.25) is 0 Å². The van der Waals surface area contributed by atoms with Gasteiger partial charge in [-0.2, -0.15) is 0 Å². The van der Waals surface area contributed by atoms with E-state index in [4.69, 9.17) is 28.9 Å². The smallest absolute Gasteiger partial charge is 0.253 e. The summed E-state index contributed by atoms with van der Waals surface area (Å²) in [5, 5.41) is 4.12. The predicted octanol–water partition coefficient (Wildman–Crippen LogP) is 3.94. The zero-order valence-electron chi connectivity index (χ0n) is 11.6. The van der Waals surface area contributed by atoms with E-state index in [2.05, 4.69) is 5.32 Å². The lowest BCUT2D eigenvalue weighted by Gasteiger charge is -2.15. The molecule has 2 aromatic carbocycles. The normalized spacial score (nSPS) is 12.0. The Morgan fingerprint density at radius 3 is 2.57 bits per heavy atom. The highest BCUT2D eigenvalue weighted by atomic mass is 35.5. The molecule has 0 spiro atoms. The van der Waals surface area contributed by atoms with Crippen LogP contribution in [-0.2, 0) is 6.42 Å². The number of rotatable bonds is 4. The van der Waals surface area contributed by atoms with Gasteiger partial charge < -0.3 is 11.1 Å². The van der Waals surface area contributed by atoms with Crippen molar-refractivity contribution in [3.05, 3.63) is 63.6 Å². The first-order valence-corrected chi connectivity index (χ1v) is 7.31. The summed E-state index contributed by atoms with van der Waals surface area (Å²) in [6, 6.07) is 12.4. The molecule has 0 aliphatic heterocycles. The van der Waals surface area contributed by atoms with Crippen LogP contribution in [0.15, 0.2) is 42.5 Å². The van der Waals surface area contributed by atoms with Crippen molar-refractivity contribution in [2.24, 2.45) is 0 Å². The lowest BCUT2D eigenvalue weighted by molar-refractivity contribution is 0.0941. The number of nitrogens with two attached hydrogens (primary N) is 1. The van der Waals surface area contributed by atoms with E-state index >= 15 is 0 Å².